The molecule has 1 heterocycles. The Morgan fingerprint density at radius 2 is 1.75 bits per heavy atom. The second-order valence-corrected chi connectivity index (χ2v) is 6.31. The Labute approximate surface area is 142 Å². The van der Waals surface area contributed by atoms with Crippen LogP contribution in [0.15, 0.2) is 42.5 Å². The van der Waals surface area contributed by atoms with Crippen LogP contribution in [-0.4, -0.2) is 18.4 Å². The first-order valence-electron chi connectivity index (χ1n) is 8.11. The monoisotopic (exact) mass is 323 g/mol. The van der Waals surface area contributed by atoms with Crippen molar-refractivity contribution >= 4 is 17.6 Å². The standard InChI is InChI=1S/C20H21NO3/c1-13-8-6-10-18(15(13)3)24-20(23)16-11-19(22)21(12-16)17-9-5-4-7-14(17)2/h4-10,16H,11-12H2,1-3H3/t16-/m0/s1. The topological polar surface area (TPSA) is 46.6 Å². The highest BCUT2D eigenvalue weighted by Gasteiger charge is 2.37. The number of rotatable bonds is 3. The molecule has 4 nitrogen and oxygen atoms in total. The number of aryl methyl sites for hydroxylation is 2. The minimum Gasteiger partial charge on any atom is -0.426 e. The Bertz CT molecular complexity index is 797. The fourth-order valence-corrected chi connectivity index (χ4v) is 2.99. The fourth-order valence-electron chi connectivity index (χ4n) is 2.99. The predicted molar refractivity (Wildman–Crippen MR) is 93.2 cm³/mol. The Balaban J connectivity index is 1.75. The summed E-state index contributed by atoms with van der Waals surface area (Å²) in [6, 6.07) is 13.3. The van der Waals surface area contributed by atoms with Crippen LogP contribution in [0.2, 0.25) is 0 Å². The number of carbonyl (C=O) groups excluding carboxylic acids is 2. The summed E-state index contributed by atoms with van der Waals surface area (Å²) in [6.07, 6.45) is 0.192. The van der Waals surface area contributed by atoms with Gasteiger partial charge in [0.1, 0.15) is 5.75 Å². The lowest BCUT2D eigenvalue weighted by Crippen LogP contribution is -2.27. The summed E-state index contributed by atoms with van der Waals surface area (Å²) in [5.41, 5.74) is 3.91. The Hall–Kier alpha value is -2.62. The Morgan fingerprint density at radius 3 is 2.50 bits per heavy atom. The van der Waals surface area contributed by atoms with Gasteiger partial charge in [-0.3, -0.25) is 9.59 Å². The van der Waals surface area contributed by atoms with Gasteiger partial charge in [-0.1, -0.05) is 30.3 Å². The zero-order chi connectivity index (χ0) is 17.3. The van der Waals surface area contributed by atoms with Gasteiger partial charge >= 0.3 is 5.97 Å². The normalized spacial score (nSPS) is 17.2. The maximum atomic E-state index is 12.5. The van der Waals surface area contributed by atoms with Crippen LogP contribution < -0.4 is 9.64 Å². The number of benzene rings is 2. The third-order valence-electron chi connectivity index (χ3n) is 4.63. The average molecular weight is 323 g/mol. The van der Waals surface area contributed by atoms with Crippen molar-refractivity contribution in [2.45, 2.75) is 27.2 Å². The number of hydrogen-bond acceptors (Lipinski definition) is 3. The molecule has 1 saturated heterocycles. The largest absolute Gasteiger partial charge is 0.426 e. The van der Waals surface area contributed by atoms with Crippen LogP contribution in [0.3, 0.4) is 0 Å². The van der Waals surface area contributed by atoms with E-state index in [2.05, 4.69) is 0 Å². The summed E-state index contributed by atoms with van der Waals surface area (Å²) in [7, 11) is 0. The number of amides is 1. The van der Waals surface area contributed by atoms with Gasteiger partial charge in [-0.15, -0.1) is 0 Å². The third-order valence-corrected chi connectivity index (χ3v) is 4.63. The minimum absolute atomic E-state index is 0.0350. The summed E-state index contributed by atoms with van der Waals surface area (Å²) in [5, 5.41) is 0. The van der Waals surface area contributed by atoms with Crippen molar-refractivity contribution < 1.29 is 14.3 Å². The first-order chi connectivity index (χ1) is 11.5. The van der Waals surface area contributed by atoms with E-state index in [0.717, 1.165) is 22.4 Å². The molecule has 4 heteroatoms. The van der Waals surface area contributed by atoms with E-state index in [1.165, 1.54) is 0 Å². The molecule has 24 heavy (non-hydrogen) atoms. The molecule has 1 aliphatic rings. The minimum atomic E-state index is -0.433. The average Bonchev–Trinajstić information content (AvgIpc) is 2.94. The van der Waals surface area contributed by atoms with Crippen molar-refractivity contribution in [2.75, 3.05) is 11.4 Å². The fraction of sp³-hybridized carbons (Fsp3) is 0.300. The van der Waals surface area contributed by atoms with Gasteiger partial charge in [-0.2, -0.15) is 0 Å². The first-order valence-corrected chi connectivity index (χ1v) is 8.11. The summed E-state index contributed by atoms with van der Waals surface area (Å²) in [5.74, 6) is -0.237. The second kappa shape index (κ2) is 6.48. The lowest BCUT2D eigenvalue weighted by molar-refractivity contribution is -0.139. The maximum absolute atomic E-state index is 12.5. The van der Waals surface area contributed by atoms with Crippen molar-refractivity contribution in [3.05, 3.63) is 59.2 Å². The van der Waals surface area contributed by atoms with Crippen molar-refractivity contribution in [3.63, 3.8) is 0 Å². The van der Waals surface area contributed by atoms with Gasteiger partial charge in [-0.05, 0) is 49.6 Å². The molecule has 2 aromatic carbocycles. The molecule has 1 aliphatic heterocycles. The molecule has 0 saturated carbocycles. The van der Waals surface area contributed by atoms with Gasteiger partial charge in [0.2, 0.25) is 5.91 Å². The highest BCUT2D eigenvalue weighted by Crippen LogP contribution is 2.29. The van der Waals surface area contributed by atoms with E-state index in [-0.39, 0.29) is 18.3 Å². The number of nitrogens with zero attached hydrogens (tertiary/aromatic N) is 1. The van der Waals surface area contributed by atoms with Crippen LogP contribution in [0, 0.1) is 26.7 Å². The summed E-state index contributed by atoms with van der Waals surface area (Å²) in [6.45, 7) is 6.24. The molecule has 0 radical (unpaired) electrons. The van der Waals surface area contributed by atoms with E-state index in [0.29, 0.717) is 12.3 Å². The number of ether oxygens (including phenoxy) is 1. The van der Waals surface area contributed by atoms with Crippen LogP contribution in [0.25, 0.3) is 0 Å². The molecule has 1 atom stereocenters. The first kappa shape index (κ1) is 16.2. The van der Waals surface area contributed by atoms with Crippen LogP contribution in [0.1, 0.15) is 23.1 Å². The molecule has 0 unspecified atom stereocenters. The van der Waals surface area contributed by atoms with E-state index in [4.69, 9.17) is 4.74 Å². The lowest BCUT2D eigenvalue weighted by atomic mass is 10.1. The number of para-hydroxylation sites is 1. The van der Waals surface area contributed by atoms with Crippen LogP contribution in [0.5, 0.6) is 5.75 Å². The SMILES string of the molecule is Cc1ccccc1N1C[C@@H](C(=O)Oc2cccc(C)c2C)CC1=O. The van der Waals surface area contributed by atoms with Gasteiger partial charge in [0, 0.05) is 18.7 Å². The number of esters is 1. The highest BCUT2D eigenvalue weighted by molar-refractivity contribution is 6.00. The molecule has 0 aromatic heterocycles. The zero-order valence-corrected chi connectivity index (χ0v) is 14.2. The van der Waals surface area contributed by atoms with Gasteiger partial charge in [0.15, 0.2) is 0 Å². The van der Waals surface area contributed by atoms with Crippen molar-refractivity contribution in [1.82, 2.24) is 0 Å². The van der Waals surface area contributed by atoms with E-state index < -0.39 is 5.92 Å². The maximum Gasteiger partial charge on any atom is 0.316 e. The van der Waals surface area contributed by atoms with Gasteiger partial charge in [0.05, 0.1) is 5.92 Å². The summed E-state index contributed by atoms with van der Waals surface area (Å²) < 4.78 is 5.55. The summed E-state index contributed by atoms with van der Waals surface area (Å²) in [4.78, 5) is 26.5. The van der Waals surface area contributed by atoms with E-state index >= 15 is 0 Å². The number of hydrogen-bond donors (Lipinski definition) is 0. The molecule has 0 N–H and O–H groups in total. The molecule has 2 aromatic rings. The van der Waals surface area contributed by atoms with Crippen molar-refractivity contribution in [3.8, 4) is 5.75 Å². The molecule has 1 fully saturated rings. The van der Waals surface area contributed by atoms with Crippen molar-refractivity contribution in [1.29, 1.82) is 0 Å². The zero-order valence-electron chi connectivity index (χ0n) is 14.2. The molecule has 0 bridgehead atoms. The molecular weight excluding hydrogens is 302 g/mol. The van der Waals surface area contributed by atoms with Crippen molar-refractivity contribution in [2.24, 2.45) is 5.92 Å². The smallest absolute Gasteiger partial charge is 0.316 e. The second-order valence-electron chi connectivity index (χ2n) is 6.31. The van der Waals surface area contributed by atoms with Crippen LogP contribution >= 0.6 is 0 Å². The molecule has 3 rings (SSSR count). The van der Waals surface area contributed by atoms with Crippen LogP contribution in [-0.2, 0) is 9.59 Å². The molecule has 1 amide bonds. The highest BCUT2D eigenvalue weighted by atomic mass is 16.5. The van der Waals surface area contributed by atoms with E-state index in [1.807, 2.05) is 57.2 Å². The number of carbonyl (C=O) groups is 2. The molecule has 124 valence electrons. The lowest BCUT2D eigenvalue weighted by Gasteiger charge is -2.19. The third kappa shape index (κ3) is 3.04. The molecule has 0 aliphatic carbocycles. The quantitative estimate of drug-likeness (QED) is 0.641. The summed E-state index contributed by atoms with van der Waals surface area (Å²) >= 11 is 0. The van der Waals surface area contributed by atoms with E-state index in [1.54, 1.807) is 11.0 Å². The van der Waals surface area contributed by atoms with Gasteiger partial charge < -0.3 is 9.64 Å². The Kier molecular flexibility index (Phi) is 4.38. The van der Waals surface area contributed by atoms with Gasteiger partial charge in [0.25, 0.3) is 0 Å². The molecular formula is C20H21NO3. The molecule has 0 spiro atoms. The number of anilines is 1. The van der Waals surface area contributed by atoms with E-state index in [9.17, 15) is 9.59 Å². The predicted octanol–water partition coefficient (Wildman–Crippen LogP) is 3.57. The van der Waals surface area contributed by atoms with Crippen LogP contribution in [0.4, 0.5) is 5.69 Å². The van der Waals surface area contributed by atoms with Gasteiger partial charge in [-0.25, -0.2) is 0 Å². The Morgan fingerprint density at radius 1 is 1.04 bits per heavy atom.